The van der Waals surface area contributed by atoms with Crippen LogP contribution in [0.4, 0.5) is 5.69 Å². The second-order valence-electron chi connectivity index (χ2n) is 4.07. The summed E-state index contributed by atoms with van der Waals surface area (Å²) in [5.74, 6) is 0.122. The molecular formula is C13H19NO3. The predicted molar refractivity (Wildman–Crippen MR) is 67.9 cm³/mol. The average molecular weight is 237 g/mol. The lowest BCUT2D eigenvalue weighted by Gasteiger charge is -2.20. The standard InChI is InChI=1S/C13H19NO3/c1-10-9-11(6-7-12(10)17-3)14(2)8-4-5-13(15)16/h6-7,9H,4-5,8H2,1-3H3,(H,15,16). The van der Waals surface area contributed by atoms with Gasteiger partial charge in [-0.25, -0.2) is 0 Å². The van der Waals surface area contributed by atoms with Crippen LogP contribution in [-0.2, 0) is 4.79 Å². The molecule has 0 spiro atoms. The molecular weight excluding hydrogens is 218 g/mol. The van der Waals surface area contributed by atoms with Gasteiger partial charge in [0.2, 0.25) is 0 Å². The van der Waals surface area contributed by atoms with Crippen molar-refractivity contribution in [3.8, 4) is 5.75 Å². The quantitative estimate of drug-likeness (QED) is 0.824. The first-order chi connectivity index (χ1) is 8.04. The van der Waals surface area contributed by atoms with Gasteiger partial charge in [0.1, 0.15) is 5.75 Å². The lowest BCUT2D eigenvalue weighted by Crippen LogP contribution is -2.19. The van der Waals surface area contributed by atoms with E-state index in [1.165, 1.54) is 0 Å². The lowest BCUT2D eigenvalue weighted by molar-refractivity contribution is -0.137. The predicted octanol–water partition coefficient (Wildman–Crippen LogP) is 2.30. The molecule has 1 aromatic rings. The van der Waals surface area contributed by atoms with Crippen molar-refractivity contribution in [2.45, 2.75) is 19.8 Å². The summed E-state index contributed by atoms with van der Waals surface area (Å²) >= 11 is 0. The van der Waals surface area contributed by atoms with Crippen LogP contribution in [0.15, 0.2) is 18.2 Å². The van der Waals surface area contributed by atoms with E-state index < -0.39 is 5.97 Å². The van der Waals surface area contributed by atoms with Gasteiger partial charge in [0, 0.05) is 25.7 Å². The molecule has 4 heteroatoms. The zero-order valence-corrected chi connectivity index (χ0v) is 10.6. The molecule has 0 fully saturated rings. The van der Waals surface area contributed by atoms with Gasteiger partial charge in [-0.1, -0.05) is 0 Å². The number of carboxylic acid groups (broad SMARTS) is 1. The van der Waals surface area contributed by atoms with Crippen LogP contribution in [0.3, 0.4) is 0 Å². The largest absolute Gasteiger partial charge is 0.496 e. The van der Waals surface area contributed by atoms with Crippen LogP contribution in [0.1, 0.15) is 18.4 Å². The number of hydrogen-bond donors (Lipinski definition) is 1. The number of benzene rings is 1. The maximum absolute atomic E-state index is 10.4. The first-order valence-electron chi connectivity index (χ1n) is 5.62. The Morgan fingerprint density at radius 1 is 1.47 bits per heavy atom. The summed E-state index contributed by atoms with van der Waals surface area (Å²) in [7, 11) is 3.61. The Morgan fingerprint density at radius 3 is 2.71 bits per heavy atom. The van der Waals surface area contributed by atoms with Gasteiger partial charge in [0.05, 0.1) is 7.11 Å². The van der Waals surface area contributed by atoms with Crippen molar-refractivity contribution < 1.29 is 14.6 Å². The van der Waals surface area contributed by atoms with Crippen molar-refractivity contribution in [1.82, 2.24) is 0 Å². The molecule has 17 heavy (non-hydrogen) atoms. The summed E-state index contributed by atoms with van der Waals surface area (Å²) in [4.78, 5) is 12.5. The van der Waals surface area contributed by atoms with E-state index in [4.69, 9.17) is 9.84 Å². The van der Waals surface area contributed by atoms with Crippen LogP contribution >= 0.6 is 0 Å². The van der Waals surface area contributed by atoms with Gasteiger partial charge in [0.15, 0.2) is 0 Å². The van der Waals surface area contributed by atoms with Crippen LogP contribution < -0.4 is 9.64 Å². The third-order valence-electron chi connectivity index (χ3n) is 2.70. The molecule has 1 rings (SSSR count). The second-order valence-corrected chi connectivity index (χ2v) is 4.07. The lowest BCUT2D eigenvalue weighted by atomic mass is 10.2. The third kappa shape index (κ3) is 3.98. The van der Waals surface area contributed by atoms with Crippen molar-refractivity contribution in [3.05, 3.63) is 23.8 Å². The molecule has 0 unspecified atom stereocenters. The molecule has 0 aromatic heterocycles. The van der Waals surface area contributed by atoms with Gasteiger partial charge in [-0.15, -0.1) is 0 Å². The highest BCUT2D eigenvalue weighted by Gasteiger charge is 2.05. The number of aryl methyl sites for hydroxylation is 1. The Bertz CT molecular complexity index is 390. The van der Waals surface area contributed by atoms with Gasteiger partial charge in [0.25, 0.3) is 0 Å². The summed E-state index contributed by atoms with van der Waals surface area (Å²) < 4.78 is 5.20. The zero-order chi connectivity index (χ0) is 12.8. The summed E-state index contributed by atoms with van der Waals surface area (Å²) in [6.07, 6.45) is 0.858. The van der Waals surface area contributed by atoms with E-state index in [1.54, 1.807) is 7.11 Å². The van der Waals surface area contributed by atoms with Crippen LogP contribution in [0, 0.1) is 6.92 Å². The molecule has 0 aliphatic rings. The topological polar surface area (TPSA) is 49.8 Å². The zero-order valence-electron chi connectivity index (χ0n) is 10.6. The van der Waals surface area contributed by atoms with Crippen molar-refractivity contribution in [1.29, 1.82) is 0 Å². The Balaban J connectivity index is 2.59. The molecule has 94 valence electrons. The molecule has 0 radical (unpaired) electrons. The highest BCUT2D eigenvalue weighted by atomic mass is 16.5. The van der Waals surface area contributed by atoms with Gasteiger partial charge >= 0.3 is 5.97 Å². The van der Waals surface area contributed by atoms with Gasteiger partial charge in [-0.2, -0.15) is 0 Å². The number of hydrogen-bond acceptors (Lipinski definition) is 3. The number of rotatable bonds is 6. The summed E-state index contributed by atoms with van der Waals surface area (Å²) in [5.41, 5.74) is 2.16. The van der Waals surface area contributed by atoms with Crippen molar-refractivity contribution in [2.24, 2.45) is 0 Å². The van der Waals surface area contributed by atoms with E-state index in [1.807, 2.05) is 32.2 Å². The van der Waals surface area contributed by atoms with Crippen LogP contribution in [-0.4, -0.2) is 31.8 Å². The minimum Gasteiger partial charge on any atom is -0.496 e. The normalized spacial score (nSPS) is 10.1. The maximum Gasteiger partial charge on any atom is 0.303 e. The molecule has 0 bridgehead atoms. The highest BCUT2D eigenvalue weighted by molar-refractivity contribution is 5.66. The highest BCUT2D eigenvalue weighted by Crippen LogP contribution is 2.23. The SMILES string of the molecule is COc1ccc(N(C)CCCC(=O)O)cc1C. The van der Waals surface area contributed by atoms with E-state index in [0.29, 0.717) is 6.42 Å². The number of carboxylic acids is 1. The summed E-state index contributed by atoms with van der Waals surface area (Å²) in [6, 6.07) is 5.95. The molecule has 0 aliphatic carbocycles. The number of ether oxygens (including phenoxy) is 1. The molecule has 0 heterocycles. The smallest absolute Gasteiger partial charge is 0.303 e. The second kappa shape index (κ2) is 6.13. The van der Waals surface area contributed by atoms with Crippen LogP contribution in [0.5, 0.6) is 5.75 Å². The molecule has 1 aromatic carbocycles. The fourth-order valence-electron chi connectivity index (χ4n) is 1.70. The number of aliphatic carboxylic acids is 1. The molecule has 0 amide bonds. The number of anilines is 1. The summed E-state index contributed by atoms with van der Waals surface area (Å²) in [6.45, 7) is 2.73. The average Bonchev–Trinajstić information content (AvgIpc) is 2.28. The number of methoxy groups -OCH3 is 1. The number of nitrogens with zero attached hydrogens (tertiary/aromatic N) is 1. The number of carbonyl (C=O) groups is 1. The van der Waals surface area contributed by atoms with E-state index in [2.05, 4.69) is 4.90 Å². The van der Waals surface area contributed by atoms with Crippen molar-refractivity contribution >= 4 is 11.7 Å². The van der Waals surface area contributed by atoms with Gasteiger partial charge < -0.3 is 14.7 Å². The maximum atomic E-state index is 10.4. The van der Waals surface area contributed by atoms with Crippen molar-refractivity contribution in [2.75, 3.05) is 25.6 Å². The van der Waals surface area contributed by atoms with E-state index in [9.17, 15) is 4.79 Å². The van der Waals surface area contributed by atoms with Crippen LogP contribution in [0.2, 0.25) is 0 Å². The fraction of sp³-hybridized carbons (Fsp3) is 0.462. The van der Waals surface area contributed by atoms with E-state index in [-0.39, 0.29) is 6.42 Å². The minimum atomic E-state index is -0.746. The van der Waals surface area contributed by atoms with Crippen LogP contribution in [0.25, 0.3) is 0 Å². The molecule has 0 atom stereocenters. The summed E-state index contributed by atoms with van der Waals surface area (Å²) in [5, 5.41) is 8.57. The molecule has 4 nitrogen and oxygen atoms in total. The minimum absolute atomic E-state index is 0.208. The van der Waals surface area contributed by atoms with E-state index >= 15 is 0 Å². The fourth-order valence-corrected chi connectivity index (χ4v) is 1.70. The van der Waals surface area contributed by atoms with Crippen molar-refractivity contribution in [3.63, 3.8) is 0 Å². The Kier molecular flexibility index (Phi) is 4.82. The Hall–Kier alpha value is -1.71. The first kappa shape index (κ1) is 13.4. The van der Waals surface area contributed by atoms with Gasteiger partial charge in [-0.05, 0) is 37.1 Å². The van der Waals surface area contributed by atoms with Gasteiger partial charge in [-0.3, -0.25) is 4.79 Å². The molecule has 0 saturated heterocycles. The Labute approximate surface area is 102 Å². The Morgan fingerprint density at radius 2 is 2.18 bits per heavy atom. The third-order valence-corrected chi connectivity index (χ3v) is 2.70. The van der Waals surface area contributed by atoms with E-state index in [0.717, 1.165) is 23.5 Å². The molecule has 1 N–H and O–H groups in total. The molecule has 0 aliphatic heterocycles. The molecule has 0 saturated carbocycles. The first-order valence-corrected chi connectivity index (χ1v) is 5.62. The monoisotopic (exact) mass is 237 g/mol.